The van der Waals surface area contributed by atoms with Crippen LogP contribution in [0.1, 0.15) is 60.0 Å². The van der Waals surface area contributed by atoms with Crippen LogP contribution in [0.15, 0.2) is 48.6 Å². The zero-order valence-corrected chi connectivity index (χ0v) is 24.9. The van der Waals surface area contributed by atoms with Gasteiger partial charge in [-0.3, -0.25) is 4.79 Å². The van der Waals surface area contributed by atoms with Gasteiger partial charge >= 0.3 is 0 Å². The minimum absolute atomic E-state index is 0.00397. The number of halogens is 1. The molecule has 0 saturated heterocycles. The van der Waals surface area contributed by atoms with E-state index in [2.05, 4.69) is 33.9 Å². The molecule has 2 aromatic carbocycles. The van der Waals surface area contributed by atoms with Crippen LogP contribution in [0.5, 0.6) is 5.75 Å². The molecule has 1 spiro atoms. The molecule has 2 aromatic rings. The van der Waals surface area contributed by atoms with Crippen molar-refractivity contribution in [2.45, 2.75) is 61.7 Å². The van der Waals surface area contributed by atoms with Gasteiger partial charge in [0.25, 0.3) is 5.91 Å². The molecule has 2 bridgehead atoms. The summed E-state index contributed by atoms with van der Waals surface area (Å²) in [7, 11) is -1.99. The molecule has 6 atom stereocenters. The number of hydrogen-bond donors (Lipinski definition) is 1. The maximum atomic E-state index is 13.3. The van der Waals surface area contributed by atoms with E-state index in [1.807, 2.05) is 18.2 Å². The Kier molecular flexibility index (Phi) is 6.87. The molecular formula is C32H37ClN2O5S. The number of fused-ring (bicyclic) bond motifs is 5. The number of carbonyl (C=O) groups excluding carboxylic acids is 1. The molecule has 3 aliphatic carbocycles. The summed E-state index contributed by atoms with van der Waals surface area (Å²) >= 11 is 6.40. The lowest BCUT2D eigenvalue weighted by atomic mass is 9.68. The van der Waals surface area contributed by atoms with Crippen LogP contribution in [-0.4, -0.2) is 52.5 Å². The summed E-state index contributed by atoms with van der Waals surface area (Å²) in [6.07, 6.45) is 10.7. The standard InChI is InChI=1S/C32H37ClN2O5S/c1-39-28-6-2-4-21-16-30(21)41(37,38)34-31(36)22-8-12-29-27(15-22)35(17-23-7-10-25(23)28)18-32(19-40-29)13-3-5-20-14-24(33)9-11-26(20)32/h2,6,8-9,11-12,14-15,21,23,25,28,30H,3-5,7,10,13,16-19H2,1H3,(H,34,36)/b6-2+/t21-,23-,25+,28-,30-,32-/m0/s1. The Balaban J connectivity index is 1.30. The summed E-state index contributed by atoms with van der Waals surface area (Å²) in [5, 5.41) is 0.213. The van der Waals surface area contributed by atoms with E-state index in [1.54, 1.807) is 13.2 Å². The number of nitrogens with zero attached hydrogens (tertiary/aromatic N) is 1. The molecule has 2 heterocycles. The first-order valence-electron chi connectivity index (χ1n) is 14.8. The van der Waals surface area contributed by atoms with Crippen molar-refractivity contribution in [3.8, 4) is 5.75 Å². The van der Waals surface area contributed by atoms with Gasteiger partial charge in [-0.25, -0.2) is 13.1 Å². The number of ether oxygens (including phenoxy) is 2. The summed E-state index contributed by atoms with van der Waals surface area (Å²) in [6, 6.07) is 11.6. The van der Waals surface area contributed by atoms with Crippen molar-refractivity contribution in [2.75, 3.05) is 31.7 Å². The molecule has 218 valence electrons. The number of nitrogens with one attached hydrogen (secondary N) is 1. The first-order valence-corrected chi connectivity index (χ1v) is 16.7. The molecule has 9 heteroatoms. The monoisotopic (exact) mass is 596 g/mol. The normalized spacial score (nSPS) is 34.5. The van der Waals surface area contributed by atoms with Gasteiger partial charge < -0.3 is 14.4 Å². The molecule has 5 aliphatic rings. The SMILES string of the molecule is CO[C@H]1/C=C/C[C@H]2C[C@@H]2S(=O)(=O)NC(=O)c2ccc3c(c2)N(C[C@@H]2CC[C@H]21)C[C@@]1(CCCc2cc(Cl)ccc21)CO3. The molecule has 0 aromatic heterocycles. The molecule has 0 unspecified atom stereocenters. The third kappa shape index (κ3) is 4.96. The molecule has 0 radical (unpaired) electrons. The number of sulfonamides is 1. The van der Waals surface area contributed by atoms with Gasteiger partial charge in [0, 0.05) is 36.2 Å². The van der Waals surface area contributed by atoms with Gasteiger partial charge in [0.2, 0.25) is 10.0 Å². The third-order valence-corrected chi connectivity index (χ3v) is 12.3. The van der Waals surface area contributed by atoms with E-state index < -0.39 is 21.2 Å². The summed E-state index contributed by atoms with van der Waals surface area (Å²) in [5.41, 5.74) is 3.53. The van der Waals surface area contributed by atoms with Gasteiger partial charge in [-0.15, -0.1) is 0 Å². The van der Waals surface area contributed by atoms with Crippen molar-refractivity contribution < 1.29 is 22.7 Å². The van der Waals surface area contributed by atoms with E-state index >= 15 is 0 Å². The topological polar surface area (TPSA) is 84.9 Å². The molecule has 2 saturated carbocycles. The summed E-state index contributed by atoms with van der Waals surface area (Å²) in [6.45, 7) is 2.09. The summed E-state index contributed by atoms with van der Waals surface area (Å²) in [4.78, 5) is 15.7. The maximum Gasteiger partial charge on any atom is 0.264 e. The second-order valence-electron chi connectivity index (χ2n) is 12.7. The molecule has 7 nitrogen and oxygen atoms in total. The smallest absolute Gasteiger partial charge is 0.264 e. The first-order chi connectivity index (χ1) is 19.8. The van der Waals surface area contributed by atoms with Gasteiger partial charge in [0.1, 0.15) is 5.75 Å². The Morgan fingerprint density at radius 3 is 2.83 bits per heavy atom. The Bertz CT molecular complexity index is 1510. The largest absolute Gasteiger partial charge is 0.490 e. The zero-order chi connectivity index (χ0) is 28.4. The lowest BCUT2D eigenvalue weighted by Gasteiger charge is -2.46. The molecule has 7 rings (SSSR count). The predicted molar refractivity (Wildman–Crippen MR) is 159 cm³/mol. The minimum atomic E-state index is -3.76. The van der Waals surface area contributed by atoms with E-state index in [1.165, 1.54) is 11.1 Å². The fraction of sp³-hybridized carbons (Fsp3) is 0.531. The highest BCUT2D eigenvalue weighted by molar-refractivity contribution is 7.91. The van der Waals surface area contributed by atoms with Gasteiger partial charge in [-0.05, 0) is 104 Å². The number of allylic oxidation sites excluding steroid dienone is 1. The second kappa shape index (κ2) is 10.3. The number of benzene rings is 2. The van der Waals surface area contributed by atoms with Crippen molar-refractivity contribution in [3.05, 3.63) is 70.3 Å². The number of amides is 1. The lowest BCUT2D eigenvalue weighted by Crippen LogP contribution is -2.49. The van der Waals surface area contributed by atoms with Crippen molar-refractivity contribution in [2.24, 2.45) is 17.8 Å². The molecular weight excluding hydrogens is 560 g/mol. The quantitative estimate of drug-likeness (QED) is 0.452. The lowest BCUT2D eigenvalue weighted by molar-refractivity contribution is 0.0131. The fourth-order valence-corrected chi connectivity index (χ4v) is 9.53. The summed E-state index contributed by atoms with van der Waals surface area (Å²) in [5.74, 6) is 0.985. The number of aryl methyl sites for hydroxylation is 1. The highest BCUT2D eigenvalue weighted by Gasteiger charge is 2.48. The van der Waals surface area contributed by atoms with Crippen LogP contribution in [0.25, 0.3) is 0 Å². The van der Waals surface area contributed by atoms with Crippen LogP contribution in [0, 0.1) is 17.8 Å². The number of methoxy groups -OCH3 is 1. The van der Waals surface area contributed by atoms with Gasteiger partial charge in [0.15, 0.2) is 0 Å². The van der Waals surface area contributed by atoms with Crippen molar-refractivity contribution in [3.63, 3.8) is 0 Å². The highest BCUT2D eigenvalue weighted by atomic mass is 35.5. The van der Waals surface area contributed by atoms with Gasteiger partial charge in [-0.1, -0.05) is 29.8 Å². The van der Waals surface area contributed by atoms with E-state index in [4.69, 9.17) is 21.1 Å². The third-order valence-electron chi connectivity index (χ3n) is 10.2. The highest BCUT2D eigenvalue weighted by Crippen LogP contribution is 2.47. The van der Waals surface area contributed by atoms with E-state index in [-0.39, 0.29) is 17.4 Å². The van der Waals surface area contributed by atoms with Crippen molar-refractivity contribution in [1.29, 1.82) is 0 Å². The number of hydrogen-bond acceptors (Lipinski definition) is 6. The van der Waals surface area contributed by atoms with Crippen LogP contribution in [-0.2, 0) is 26.6 Å². The van der Waals surface area contributed by atoms with Gasteiger partial charge in [-0.2, -0.15) is 0 Å². The number of anilines is 1. The van der Waals surface area contributed by atoms with Crippen LogP contribution < -0.4 is 14.4 Å². The van der Waals surface area contributed by atoms with Crippen molar-refractivity contribution >= 4 is 33.2 Å². The maximum absolute atomic E-state index is 13.3. The number of rotatable bonds is 1. The summed E-state index contributed by atoms with van der Waals surface area (Å²) < 4.78 is 40.9. The van der Waals surface area contributed by atoms with E-state index in [9.17, 15) is 13.2 Å². The van der Waals surface area contributed by atoms with Crippen LogP contribution >= 0.6 is 11.6 Å². The van der Waals surface area contributed by atoms with Gasteiger partial charge in [0.05, 0.1) is 23.6 Å². The molecule has 1 N–H and O–H groups in total. The van der Waals surface area contributed by atoms with E-state index in [0.717, 1.165) is 61.7 Å². The molecule has 41 heavy (non-hydrogen) atoms. The Hall–Kier alpha value is -2.55. The predicted octanol–water partition coefficient (Wildman–Crippen LogP) is 5.26. The second-order valence-corrected chi connectivity index (χ2v) is 15.0. The zero-order valence-electron chi connectivity index (χ0n) is 23.4. The first kappa shape index (κ1) is 27.3. The van der Waals surface area contributed by atoms with Crippen LogP contribution in [0.3, 0.4) is 0 Å². The molecule has 2 fully saturated rings. The minimum Gasteiger partial charge on any atom is -0.490 e. The average molecular weight is 597 g/mol. The van der Waals surface area contributed by atoms with Crippen LogP contribution in [0.2, 0.25) is 5.02 Å². The number of carbonyl (C=O) groups is 1. The fourth-order valence-electron chi connectivity index (χ4n) is 7.69. The Labute approximate surface area is 247 Å². The molecule has 1 amide bonds. The average Bonchev–Trinajstić information content (AvgIpc) is 3.74. The van der Waals surface area contributed by atoms with Crippen LogP contribution in [0.4, 0.5) is 5.69 Å². The Morgan fingerprint density at radius 1 is 1.15 bits per heavy atom. The Morgan fingerprint density at radius 2 is 2.02 bits per heavy atom. The molecule has 2 aliphatic heterocycles. The van der Waals surface area contributed by atoms with E-state index in [0.29, 0.717) is 36.8 Å². The van der Waals surface area contributed by atoms with Crippen molar-refractivity contribution in [1.82, 2.24) is 4.72 Å².